The van der Waals surface area contributed by atoms with Crippen LogP contribution in [0.4, 0.5) is 0 Å². The number of nitrogens with zero attached hydrogens (tertiary/aromatic N) is 2. The van der Waals surface area contributed by atoms with Crippen molar-refractivity contribution in [2.45, 2.75) is 26.2 Å². The molecule has 0 spiro atoms. The Hall–Kier alpha value is -2.52. The van der Waals surface area contributed by atoms with Crippen molar-refractivity contribution in [3.8, 4) is 0 Å². The van der Waals surface area contributed by atoms with Gasteiger partial charge in [-0.05, 0) is 36.8 Å². The number of aromatic nitrogens is 2. The Bertz CT molecular complexity index is 1070. The van der Waals surface area contributed by atoms with Gasteiger partial charge >= 0.3 is 0 Å². The van der Waals surface area contributed by atoms with Gasteiger partial charge in [-0.1, -0.05) is 6.92 Å². The third kappa shape index (κ3) is 3.04. The average molecular weight is 388 g/mol. The quantitative estimate of drug-likeness (QED) is 0.657. The molecule has 3 heterocycles. The van der Waals surface area contributed by atoms with E-state index in [1.807, 2.05) is 6.07 Å². The first kappa shape index (κ1) is 16.9. The van der Waals surface area contributed by atoms with Gasteiger partial charge in [0.2, 0.25) is 0 Å². The molecular formula is C17H16N4O3S2. The van der Waals surface area contributed by atoms with E-state index >= 15 is 0 Å². The van der Waals surface area contributed by atoms with Gasteiger partial charge in [0.15, 0.2) is 4.96 Å². The number of hydrazine groups is 1. The molecule has 7 nitrogen and oxygen atoms in total. The number of amides is 2. The first-order chi connectivity index (χ1) is 12.5. The highest BCUT2D eigenvalue weighted by molar-refractivity contribution is 7.15. The van der Waals surface area contributed by atoms with E-state index in [1.54, 1.807) is 11.6 Å². The molecule has 9 heteroatoms. The third-order valence-electron chi connectivity index (χ3n) is 4.43. The summed E-state index contributed by atoms with van der Waals surface area (Å²) in [5.41, 5.74) is 5.31. The van der Waals surface area contributed by atoms with Crippen LogP contribution in [0.15, 0.2) is 28.6 Å². The van der Waals surface area contributed by atoms with E-state index in [9.17, 15) is 14.4 Å². The molecule has 4 rings (SSSR count). The summed E-state index contributed by atoms with van der Waals surface area (Å²) in [7, 11) is 0. The lowest BCUT2D eigenvalue weighted by Crippen LogP contribution is -2.43. The van der Waals surface area contributed by atoms with Crippen LogP contribution >= 0.6 is 22.7 Å². The second-order valence-electron chi connectivity index (χ2n) is 6.35. The van der Waals surface area contributed by atoms with E-state index in [2.05, 4.69) is 22.8 Å². The largest absolute Gasteiger partial charge is 0.279 e. The summed E-state index contributed by atoms with van der Waals surface area (Å²) in [5, 5.41) is 1.71. The van der Waals surface area contributed by atoms with Crippen LogP contribution in [0.25, 0.3) is 4.96 Å². The van der Waals surface area contributed by atoms with E-state index in [0.717, 1.165) is 19.3 Å². The number of rotatable bonds is 2. The highest BCUT2D eigenvalue weighted by Crippen LogP contribution is 2.32. The SMILES string of the molecule is CC1CCc2sc(C(=O)NNC(=O)c3cnc4sccn4c3=O)cc2C1. The Morgan fingerprint density at radius 2 is 2.12 bits per heavy atom. The minimum atomic E-state index is -0.689. The zero-order valence-corrected chi connectivity index (χ0v) is 15.6. The van der Waals surface area contributed by atoms with Crippen LogP contribution in [-0.4, -0.2) is 21.2 Å². The van der Waals surface area contributed by atoms with Crippen LogP contribution in [0.2, 0.25) is 0 Å². The summed E-state index contributed by atoms with van der Waals surface area (Å²) in [4.78, 5) is 43.2. The maximum Gasteiger partial charge on any atom is 0.279 e. The van der Waals surface area contributed by atoms with Gasteiger partial charge in [-0.3, -0.25) is 29.6 Å². The molecule has 2 amide bonds. The molecule has 0 fully saturated rings. The van der Waals surface area contributed by atoms with Gasteiger partial charge in [0, 0.05) is 22.7 Å². The normalized spacial score (nSPS) is 16.3. The topological polar surface area (TPSA) is 92.6 Å². The summed E-state index contributed by atoms with van der Waals surface area (Å²) in [6.07, 6.45) is 5.88. The van der Waals surface area contributed by atoms with Gasteiger partial charge in [-0.25, -0.2) is 4.98 Å². The number of nitrogens with one attached hydrogen (secondary N) is 2. The molecule has 26 heavy (non-hydrogen) atoms. The number of carbonyl (C=O) groups is 2. The van der Waals surface area contributed by atoms with Crippen LogP contribution < -0.4 is 16.4 Å². The summed E-state index contributed by atoms with van der Waals surface area (Å²) in [6.45, 7) is 2.21. The molecular weight excluding hydrogens is 372 g/mol. The summed E-state index contributed by atoms with van der Waals surface area (Å²) in [6, 6.07) is 1.89. The van der Waals surface area contributed by atoms with Crippen LogP contribution in [0.5, 0.6) is 0 Å². The standard InChI is InChI=1S/C17H16N4O3S2/c1-9-2-3-12-10(6-9)7-13(26-12)15(23)20-19-14(22)11-8-18-17-21(16(11)24)4-5-25-17/h4-5,7-9H,2-3,6H2,1H3,(H,19,22)(H,20,23). The lowest BCUT2D eigenvalue weighted by Gasteiger charge is -2.16. The fourth-order valence-electron chi connectivity index (χ4n) is 3.04. The molecule has 1 aliphatic carbocycles. The number of aryl methyl sites for hydroxylation is 1. The Morgan fingerprint density at radius 3 is 2.96 bits per heavy atom. The number of thiophene rings is 1. The molecule has 134 valence electrons. The smallest absolute Gasteiger partial charge is 0.268 e. The van der Waals surface area contributed by atoms with Gasteiger partial charge in [-0.15, -0.1) is 22.7 Å². The van der Waals surface area contributed by atoms with Crippen molar-refractivity contribution < 1.29 is 9.59 Å². The van der Waals surface area contributed by atoms with Crippen molar-refractivity contribution >= 4 is 39.4 Å². The van der Waals surface area contributed by atoms with Crippen LogP contribution in [0, 0.1) is 5.92 Å². The van der Waals surface area contributed by atoms with E-state index in [-0.39, 0.29) is 11.5 Å². The van der Waals surface area contributed by atoms with E-state index in [1.165, 1.54) is 43.7 Å². The molecule has 3 aromatic rings. The highest BCUT2D eigenvalue weighted by atomic mass is 32.1. The van der Waals surface area contributed by atoms with Crippen molar-refractivity contribution in [3.05, 3.63) is 55.1 Å². The minimum absolute atomic E-state index is 0.125. The van der Waals surface area contributed by atoms with Crippen molar-refractivity contribution in [1.82, 2.24) is 20.2 Å². The first-order valence-electron chi connectivity index (χ1n) is 8.20. The molecule has 0 radical (unpaired) electrons. The summed E-state index contributed by atoms with van der Waals surface area (Å²) < 4.78 is 1.30. The van der Waals surface area contributed by atoms with Crippen molar-refractivity contribution in [1.29, 1.82) is 0 Å². The zero-order valence-electron chi connectivity index (χ0n) is 13.9. The predicted molar refractivity (Wildman–Crippen MR) is 99.8 cm³/mol. The zero-order chi connectivity index (χ0) is 18.3. The van der Waals surface area contributed by atoms with Gasteiger partial charge in [0.25, 0.3) is 17.4 Å². The number of hydrogen-bond donors (Lipinski definition) is 2. The maximum atomic E-state index is 12.3. The molecule has 0 aliphatic heterocycles. The lowest BCUT2D eigenvalue weighted by atomic mass is 9.90. The Balaban J connectivity index is 1.46. The number of thiazole rings is 1. The van der Waals surface area contributed by atoms with Gasteiger partial charge in [-0.2, -0.15) is 0 Å². The first-order valence-corrected chi connectivity index (χ1v) is 9.89. The number of fused-ring (bicyclic) bond motifs is 2. The van der Waals surface area contributed by atoms with E-state index in [4.69, 9.17) is 0 Å². The van der Waals surface area contributed by atoms with Crippen LogP contribution in [0.1, 0.15) is 43.8 Å². The lowest BCUT2D eigenvalue weighted by molar-refractivity contribution is 0.0847. The number of carbonyl (C=O) groups excluding carboxylic acids is 2. The monoisotopic (exact) mass is 388 g/mol. The van der Waals surface area contributed by atoms with Crippen LogP contribution in [-0.2, 0) is 12.8 Å². The highest BCUT2D eigenvalue weighted by Gasteiger charge is 2.21. The molecule has 1 aliphatic rings. The van der Waals surface area contributed by atoms with Gasteiger partial charge < -0.3 is 0 Å². The molecule has 0 saturated heterocycles. The van der Waals surface area contributed by atoms with Crippen LogP contribution in [0.3, 0.4) is 0 Å². The predicted octanol–water partition coefficient (Wildman–Crippen LogP) is 2.02. The summed E-state index contributed by atoms with van der Waals surface area (Å²) >= 11 is 2.76. The minimum Gasteiger partial charge on any atom is -0.268 e. The third-order valence-corrected chi connectivity index (χ3v) is 6.44. The molecule has 0 aromatic carbocycles. The van der Waals surface area contributed by atoms with E-state index < -0.39 is 11.5 Å². The Labute approximate surface area is 156 Å². The maximum absolute atomic E-state index is 12.3. The molecule has 1 atom stereocenters. The second kappa shape index (κ2) is 6.65. The molecule has 2 N–H and O–H groups in total. The second-order valence-corrected chi connectivity index (χ2v) is 8.36. The molecule has 1 unspecified atom stereocenters. The average Bonchev–Trinajstić information content (AvgIpc) is 3.26. The van der Waals surface area contributed by atoms with Crippen molar-refractivity contribution in [2.24, 2.45) is 5.92 Å². The fraction of sp³-hybridized carbons (Fsp3) is 0.294. The Kier molecular flexibility index (Phi) is 4.33. The molecule has 0 bridgehead atoms. The van der Waals surface area contributed by atoms with Crippen molar-refractivity contribution in [3.63, 3.8) is 0 Å². The van der Waals surface area contributed by atoms with Gasteiger partial charge in [0.05, 0.1) is 4.88 Å². The number of hydrogen-bond acceptors (Lipinski definition) is 6. The van der Waals surface area contributed by atoms with Gasteiger partial charge in [0.1, 0.15) is 5.56 Å². The van der Waals surface area contributed by atoms with Crippen molar-refractivity contribution in [2.75, 3.05) is 0 Å². The fourth-order valence-corrected chi connectivity index (χ4v) is 4.82. The Morgan fingerprint density at radius 1 is 1.31 bits per heavy atom. The molecule has 3 aromatic heterocycles. The molecule has 0 saturated carbocycles. The summed E-state index contributed by atoms with van der Waals surface area (Å²) in [5.74, 6) is -0.443. The van der Waals surface area contributed by atoms with E-state index in [0.29, 0.717) is 15.8 Å².